The van der Waals surface area contributed by atoms with E-state index < -0.39 is 6.10 Å². The largest absolute Gasteiger partial charge is 0.391 e. The Balaban J connectivity index is 1.75. The molecule has 122 valence electrons. The zero-order valence-corrected chi connectivity index (χ0v) is 13.5. The van der Waals surface area contributed by atoms with Gasteiger partial charge in [-0.2, -0.15) is 5.10 Å². The number of rotatable bonds is 2. The third-order valence-corrected chi connectivity index (χ3v) is 4.04. The first kappa shape index (κ1) is 15.6. The Morgan fingerprint density at radius 3 is 2.87 bits per heavy atom. The molecule has 0 spiro atoms. The molecular formula is C17H22N4O2. The van der Waals surface area contributed by atoms with Gasteiger partial charge in [0.15, 0.2) is 0 Å². The summed E-state index contributed by atoms with van der Waals surface area (Å²) in [6.45, 7) is 5.03. The fraction of sp³-hybridized carbons (Fsp3) is 0.412. The van der Waals surface area contributed by atoms with Gasteiger partial charge in [0.1, 0.15) is 0 Å². The van der Waals surface area contributed by atoms with Crippen LogP contribution in [0.25, 0.3) is 5.69 Å². The summed E-state index contributed by atoms with van der Waals surface area (Å²) in [4.78, 5) is 14.0. The fourth-order valence-corrected chi connectivity index (χ4v) is 2.95. The van der Waals surface area contributed by atoms with E-state index >= 15 is 0 Å². The average molecular weight is 314 g/mol. The monoisotopic (exact) mass is 314 g/mol. The summed E-state index contributed by atoms with van der Waals surface area (Å²) >= 11 is 0. The summed E-state index contributed by atoms with van der Waals surface area (Å²) < 4.78 is 1.86. The van der Waals surface area contributed by atoms with Crippen molar-refractivity contribution in [2.24, 2.45) is 0 Å². The molecule has 2 amide bonds. The second-order valence-electron chi connectivity index (χ2n) is 6.06. The number of urea groups is 1. The highest BCUT2D eigenvalue weighted by Crippen LogP contribution is 2.18. The number of benzene rings is 1. The first-order valence-corrected chi connectivity index (χ1v) is 7.90. The molecule has 0 aliphatic carbocycles. The van der Waals surface area contributed by atoms with Gasteiger partial charge in [-0.05, 0) is 51.0 Å². The minimum Gasteiger partial charge on any atom is -0.391 e. The summed E-state index contributed by atoms with van der Waals surface area (Å²) in [7, 11) is 0. The molecule has 0 bridgehead atoms. The molecule has 1 unspecified atom stereocenters. The molecule has 6 nitrogen and oxygen atoms in total. The maximum absolute atomic E-state index is 12.3. The van der Waals surface area contributed by atoms with Crippen LogP contribution in [0.3, 0.4) is 0 Å². The normalized spacial score (nSPS) is 18.0. The Labute approximate surface area is 135 Å². The van der Waals surface area contributed by atoms with Crippen molar-refractivity contribution in [1.29, 1.82) is 0 Å². The predicted octanol–water partition coefficient (Wildman–Crippen LogP) is 2.48. The van der Waals surface area contributed by atoms with Crippen molar-refractivity contribution >= 4 is 11.7 Å². The number of amides is 2. The van der Waals surface area contributed by atoms with Gasteiger partial charge in [0.05, 0.1) is 17.5 Å². The van der Waals surface area contributed by atoms with Crippen LogP contribution in [0.5, 0.6) is 0 Å². The van der Waals surface area contributed by atoms with E-state index in [0.717, 1.165) is 35.6 Å². The SMILES string of the molecule is Cc1cc(C)n(-c2cccc(NC(=O)N3CCCC(O)C3)c2)n1. The number of carbonyl (C=O) groups is 1. The molecular weight excluding hydrogens is 292 g/mol. The predicted molar refractivity (Wildman–Crippen MR) is 88.9 cm³/mol. The topological polar surface area (TPSA) is 70.4 Å². The van der Waals surface area contributed by atoms with Crippen molar-refractivity contribution in [1.82, 2.24) is 14.7 Å². The molecule has 2 N–H and O–H groups in total. The molecule has 2 heterocycles. The standard InChI is InChI=1S/C17H22N4O2/c1-12-9-13(2)21(19-12)15-6-3-5-14(10-15)18-17(23)20-8-4-7-16(22)11-20/h3,5-6,9-10,16,22H,4,7-8,11H2,1-2H3,(H,18,23). The van der Waals surface area contributed by atoms with Crippen molar-refractivity contribution in [2.45, 2.75) is 32.8 Å². The number of aromatic nitrogens is 2. The number of nitrogens with one attached hydrogen (secondary N) is 1. The van der Waals surface area contributed by atoms with Gasteiger partial charge in [0.2, 0.25) is 0 Å². The van der Waals surface area contributed by atoms with Gasteiger partial charge in [0.25, 0.3) is 0 Å². The number of nitrogens with zero attached hydrogens (tertiary/aromatic N) is 3. The minimum atomic E-state index is -0.421. The van der Waals surface area contributed by atoms with Crippen LogP contribution in [-0.2, 0) is 0 Å². The molecule has 0 radical (unpaired) electrons. The van der Waals surface area contributed by atoms with E-state index in [1.54, 1.807) is 4.90 Å². The van der Waals surface area contributed by atoms with Crippen LogP contribution < -0.4 is 5.32 Å². The smallest absolute Gasteiger partial charge is 0.321 e. The highest BCUT2D eigenvalue weighted by atomic mass is 16.3. The van der Waals surface area contributed by atoms with Crippen molar-refractivity contribution in [3.63, 3.8) is 0 Å². The van der Waals surface area contributed by atoms with Gasteiger partial charge in [-0.15, -0.1) is 0 Å². The molecule has 1 fully saturated rings. The number of aryl methyl sites for hydroxylation is 2. The van der Waals surface area contributed by atoms with Crippen LogP contribution >= 0.6 is 0 Å². The quantitative estimate of drug-likeness (QED) is 0.894. The third-order valence-electron chi connectivity index (χ3n) is 4.04. The molecule has 1 saturated heterocycles. The lowest BCUT2D eigenvalue weighted by atomic mass is 10.1. The van der Waals surface area contributed by atoms with Crippen molar-refractivity contribution in [3.8, 4) is 5.69 Å². The lowest BCUT2D eigenvalue weighted by molar-refractivity contribution is 0.0883. The number of hydrogen-bond acceptors (Lipinski definition) is 3. The summed E-state index contributed by atoms with van der Waals surface area (Å²) in [5.74, 6) is 0. The molecule has 6 heteroatoms. The summed E-state index contributed by atoms with van der Waals surface area (Å²) in [6.07, 6.45) is 1.17. The molecule has 1 aromatic carbocycles. The highest BCUT2D eigenvalue weighted by Gasteiger charge is 2.22. The Morgan fingerprint density at radius 2 is 2.17 bits per heavy atom. The number of likely N-dealkylation sites (tertiary alicyclic amines) is 1. The third kappa shape index (κ3) is 3.53. The number of aliphatic hydroxyl groups is 1. The van der Waals surface area contributed by atoms with Gasteiger partial charge in [-0.1, -0.05) is 6.07 Å². The van der Waals surface area contributed by atoms with Gasteiger partial charge in [-0.3, -0.25) is 0 Å². The molecule has 0 saturated carbocycles. The van der Waals surface area contributed by atoms with E-state index in [9.17, 15) is 9.90 Å². The van der Waals surface area contributed by atoms with E-state index in [-0.39, 0.29) is 6.03 Å². The van der Waals surface area contributed by atoms with Crippen molar-refractivity contribution in [2.75, 3.05) is 18.4 Å². The number of β-amino-alcohol motifs (C(OH)–C–C–N with tert-alkyl or cyclic N) is 1. The zero-order valence-electron chi connectivity index (χ0n) is 13.5. The highest BCUT2D eigenvalue weighted by molar-refractivity contribution is 5.89. The first-order valence-electron chi connectivity index (χ1n) is 7.90. The first-order chi connectivity index (χ1) is 11.0. The number of piperidine rings is 1. The Bertz CT molecular complexity index is 710. The number of anilines is 1. The molecule has 2 aromatic rings. The summed E-state index contributed by atoms with van der Waals surface area (Å²) in [5, 5.41) is 17.1. The Kier molecular flexibility index (Phi) is 4.34. The van der Waals surface area contributed by atoms with Crippen molar-refractivity contribution < 1.29 is 9.90 Å². The van der Waals surface area contributed by atoms with E-state index in [2.05, 4.69) is 10.4 Å². The Hall–Kier alpha value is -2.34. The van der Waals surface area contributed by atoms with Crippen LogP contribution in [0.4, 0.5) is 10.5 Å². The molecule has 23 heavy (non-hydrogen) atoms. The van der Waals surface area contributed by atoms with Crippen molar-refractivity contribution in [3.05, 3.63) is 41.7 Å². The maximum Gasteiger partial charge on any atom is 0.321 e. The minimum absolute atomic E-state index is 0.172. The van der Waals surface area contributed by atoms with Crippen LogP contribution in [0.1, 0.15) is 24.2 Å². The van der Waals surface area contributed by atoms with E-state index in [4.69, 9.17) is 0 Å². The van der Waals surface area contributed by atoms with Gasteiger partial charge in [-0.25, -0.2) is 9.48 Å². The van der Waals surface area contributed by atoms with Gasteiger partial charge < -0.3 is 15.3 Å². The van der Waals surface area contributed by atoms with Crippen LogP contribution in [0, 0.1) is 13.8 Å². The Morgan fingerprint density at radius 1 is 1.35 bits per heavy atom. The van der Waals surface area contributed by atoms with Crippen LogP contribution in [0.2, 0.25) is 0 Å². The lowest BCUT2D eigenvalue weighted by Crippen LogP contribution is -2.44. The van der Waals surface area contributed by atoms with Crippen LogP contribution in [0.15, 0.2) is 30.3 Å². The van der Waals surface area contributed by atoms with E-state index in [0.29, 0.717) is 13.1 Å². The lowest BCUT2D eigenvalue weighted by Gasteiger charge is -2.30. The van der Waals surface area contributed by atoms with E-state index in [1.807, 2.05) is 48.9 Å². The second kappa shape index (κ2) is 6.42. The average Bonchev–Trinajstić information content (AvgIpc) is 2.86. The molecule has 1 aliphatic heterocycles. The molecule has 3 rings (SSSR count). The number of hydrogen-bond donors (Lipinski definition) is 2. The van der Waals surface area contributed by atoms with Gasteiger partial charge >= 0.3 is 6.03 Å². The fourth-order valence-electron chi connectivity index (χ4n) is 2.95. The number of carbonyl (C=O) groups excluding carboxylic acids is 1. The molecule has 1 aliphatic rings. The summed E-state index contributed by atoms with van der Waals surface area (Å²) in [5.41, 5.74) is 3.64. The van der Waals surface area contributed by atoms with E-state index in [1.165, 1.54) is 0 Å². The number of aliphatic hydroxyl groups excluding tert-OH is 1. The molecule has 1 aromatic heterocycles. The second-order valence-corrected chi connectivity index (χ2v) is 6.06. The van der Waals surface area contributed by atoms with Gasteiger partial charge in [0, 0.05) is 24.5 Å². The maximum atomic E-state index is 12.3. The van der Waals surface area contributed by atoms with Crippen LogP contribution in [-0.4, -0.2) is 45.0 Å². The molecule has 1 atom stereocenters. The zero-order chi connectivity index (χ0) is 16.4. The summed E-state index contributed by atoms with van der Waals surface area (Å²) in [6, 6.07) is 9.45.